The van der Waals surface area contributed by atoms with Gasteiger partial charge in [0, 0.05) is 5.92 Å². The van der Waals surface area contributed by atoms with E-state index < -0.39 is 0 Å². The minimum Gasteiger partial charge on any atom is -0.496 e. The normalized spacial score (nSPS) is 23.1. The number of methoxy groups -OCH3 is 1. The van der Waals surface area contributed by atoms with Crippen molar-refractivity contribution in [3.8, 4) is 5.75 Å². The lowest BCUT2D eigenvalue weighted by molar-refractivity contribution is 0.0868. The highest BCUT2D eigenvalue weighted by Gasteiger charge is 2.27. The van der Waals surface area contributed by atoms with Gasteiger partial charge < -0.3 is 4.74 Å². The maximum Gasteiger partial charge on any atom is 0.169 e. The van der Waals surface area contributed by atoms with Gasteiger partial charge in [-0.15, -0.1) is 0 Å². The quantitative estimate of drug-likeness (QED) is 0.750. The molecule has 2 rings (SSSR count). The van der Waals surface area contributed by atoms with E-state index in [-0.39, 0.29) is 11.7 Å². The van der Waals surface area contributed by atoms with Crippen molar-refractivity contribution >= 4 is 5.78 Å². The number of hydrogen-bond acceptors (Lipinski definition) is 2. The molecule has 0 heterocycles. The molecule has 0 aromatic heterocycles. The summed E-state index contributed by atoms with van der Waals surface area (Å²) in [6.07, 6.45) is 5.71. The first kappa shape index (κ1) is 14.1. The van der Waals surface area contributed by atoms with Crippen LogP contribution in [0.25, 0.3) is 0 Å². The van der Waals surface area contributed by atoms with E-state index in [9.17, 15) is 4.79 Å². The highest BCUT2D eigenvalue weighted by atomic mass is 16.5. The lowest BCUT2D eigenvalue weighted by Gasteiger charge is -2.27. The van der Waals surface area contributed by atoms with Gasteiger partial charge in [0.1, 0.15) is 5.75 Å². The van der Waals surface area contributed by atoms with Crippen molar-refractivity contribution < 1.29 is 9.53 Å². The molecule has 0 amide bonds. The Bertz CT molecular complexity index is 443. The van der Waals surface area contributed by atoms with E-state index in [0.717, 1.165) is 35.6 Å². The number of hydrogen-bond donors (Lipinski definition) is 0. The third-order valence-electron chi connectivity index (χ3n) is 4.42. The van der Waals surface area contributed by atoms with Crippen LogP contribution in [0.4, 0.5) is 0 Å². The van der Waals surface area contributed by atoms with Crippen LogP contribution in [-0.4, -0.2) is 12.9 Å². The Kier molecular flexibility index (Phi) is 4.62. The zero-order chi connectivity index (χ0) is 13.8. The molecule has 19 heavy (non-hydrogen) atoms. The summed E-state index contributed by atoms with van der Waals surface area (Å²) >= 11 is 0. The molecule has 1 aliphatic rings. The number of ether oxygens (including phenoxy) is 1. The topological polar surface area (TPSA) is 26.3 Å². The predicted octanol–water partition coefficient (Wildman–Crippen LogP) is 4.40. The second-order valence-electron chi connectivity index (χ2n) is 5.69. The lowest BCUT2D eigenvalue weighted by atomic mass is 9.77. The lowest BCUT2D eigenvalue weighted by Crippen LogP contribution is -2.22. The molecule has 0 spiro atoms. The average Bonchev–Trinajstić information content (AvgIpc) is 2.46. The van der Waals surface area contributed by atoms with Gasteiger partial charge in [0.05, 0.1) is 12.7 Å². The van der Waals surface area contributed by atoms with Crippen molar-refractivity contribution in [3.05, 3.63) is 29.3 Å². The highest BCUT2D eigenvalue weighted by molar-refractivity contribution is 6.00. The van der Waals surface area contributed by atoms with Crippen LogP contribution in [0, 0.1) is 18.8 Å². The third-order valence-corrected chi connectivity index (χ3v) is 4.42. The summed E-state index contributed by atoms with van der Waals surface area (Å²) in [5, 5.41) is 0. The largest absolute Gasteiger partial charge is 0.496 e. The molecule has 1 aromatic carbocycles. The summed E-state index contributed by atoms with van der Waals surface area (Å²) < 4.78 is 5.36. The van der Waals surface area contributed by atoms with Crippen LogP contribution < -0.4 is 4.74 Å². The Morgan fingerprint density at radius 1 is 1.26 bits per heavy atom. The fourth-order valence-electron chi connectivity index (χ4n) is 3.05. The molecule has 0 atom stereocenters. The van der Waals surface area contributed by atoms with Gasteiger partial charge in [0.15, 0.2) is 5.78 Å². The van der Waals surface area contributed by atoms with Crippen LogP contribution in [0.3, 0.4) is 0 Å². The minimum absolute atomic E-state index is 0.194. The number of carbonyl (C=O) groups excluding carboxylic acids is 1. The molecule has 0 aliphatic heterocycles. The number of Topliss-reactive ketones (excluding diaryl/α,β-unsaturated/α-hetero) is 1. The molecular formula is C17H24O2. The van der Waals surface area contributed by atoms with E-state index in [4.69, 9.17) is 4.74 Å². The molecule has 0 bridgehead atoms. The molecule has 1 aromatic rings. The minimum atomic E-state index is 0.194. The van der Waals surface area contributed by atoms with Crippen molar-refractivity contribution in [2.24, 2.45) is 11.8 Å². The fourth-order valence-corrected chi connectivity index (χ4v) is 3.05. The molecule has 0 N–H and O–H groups in total. The van der Waals surface area contributed by atoms with Gasteiger partial charge in [-0.1, -0.05) is 19.4 Å². The summed E-state index contributed by atoms with van der Waals surface area (Å²) in [6.45, 7) is 4.26. The number of ketones is 1. The van der Waals surface area contributed by atoms with Crippen LogP contribution in [-0.2, 0) is 0 Å². The van der Waals surface area contributed by atoms with Crippen molar-refractivity contribution in [3.63, 3.8) is 0 Å². The molecular weight excluding hydrogens is 236 g/mol. The number of aryl methyl sites for hydroxylation is 1. The zero-order valence-corrected chi connectivity index (χ0v) is 12.2. The van der Waals surface area contributed by atoms with E-state index in [1.54, 1.807) is 7.11 Å². The predicted molar refractivity (Wildman–Crippen MR) is 77.8 cm³/mol. The van der Waals surface area contributed by atoms with Gasteiger partial charge in [-0.05, 0) is 56.2 Å². The standard InChI is InChI=1S/C17H24O2/c1-4-13-6-8-14(9-7-13)17(18)15-10-5-12(2)11-16(15)19-3/h5,10-11,13-14H,4,6-9H2,1-3H3. The average molecular weight is 260 g/mol. The van der Waals surface area contributed by atoms with Crippen LogP contribution in [0.2, 0.25) is 0 Å². The molecule has 2 nitrogen and oxygen atoms in total. The van der Waals surface area contributed by atoms with E-state index in [1.165, 1.54) is 19.3 Å². The second kappa shape index (κ2) is 6.23. The van der Waals surface area contributed by atoms with E-state index in [2.05, 4.69) is 6.92 Å². The van der Waals surface area contributed by atoms with Gasteiger partial charge in [-0.25, -0.2) is 0 Å². The maximum atomic E-state index is 12.6. The SMILES string of the molecule is CCC1CCC(C(=O)c2ccc(C)cc2OC)CC1. The summed E-state index contributed by atoms with van der Waals surface area (Å²) in [5.41, 5.74) is 1.89. The first-order chi connectivity index (χ1) is 9.15. The summed E-state index contributed by atoms with van der Waals surface area (Å²) in [6, 6.07) is 5.86. The van der Waals surface area contributed by atoms with Crippen molar-refractivity contribution in [1.82, 2.24) is 0 Å². The Morgan fingerprint density at radius 3 is 2.53 bits per heavy atom. The molecule has 1 saturated carbocycles. The first-order valence-corrected chi connectivity index (χ1v) is 7.34. The number of rotatable bonds is 4. The monoisotopic (exact) mass is 260 g/mol. The molecule has 1 aliphatic carbocycles. The molecule has 104 valence electrons. The van der Waals surface area contributed by atoms with Crippen LogP contribution in [0.15, 0.2) is 18.2 Å². The Hall–Kier alpha value is -1.31. The maximum absolute atomic E-state index is 12.6. The van der Waals surface area contributed by atoms with Gasteiger partial charge in [0.2, 0.25) is 0 Å². The van der Waals surface area contributed by atoms with Gasteiger partial charge in [-0.2, -0.15) is 0 Å². The highest BCUT2D eigenvalue weighted by Crippen LogP contribution is 2.34. The second-order valence-corrected chi connectivity index (χ2v) is 5.69. The fraction of sp³-hybridized carbons (Fsp3) is 0.588. The van der Waals surface area contributed by atoms with Gasteiger partial charge in [0.25, 0.3) is 0 Å². The Labute approximate surface area is 116 Å². The Morgan fingerprint density at radius 2 is 1.95 bits per heavy atom. The molecule has 2 heteroatoms. The van der Waals surface area contributed by atoms with Crippen LogP contribution >= 0.6 is 0 Å². The summed E-state index contributed by atoms with van der Waals surface area (Å²) in [5.74, 6) is 2.01. The molecule has 0 radical (unpaired) electrons. The van der Waals surface area contributed by atoms with E-state index in [1.807, 2.05) is 25.1 Å². The smallest absolute Gasteiger partial charge is 0.169 e. The van der Waals surface area contributed by atoms with Crippen molar-refractivity contribution in [2.45, 2.75) is 46.0 Å². The number of carbonyl (C=O) groups is 1. The van der Waals surface area contributed by atoms with E-state index in [0.29, 0.717) is 0 Å². The number of benzene rings is 1. The van der Waals surface area contributed by atoms with Gasteiger partial charge in [-0.3, -0.25) is 4.79 Å². The van der Waals surface area contributed by atoms with Crippen molar-refractivity contribution in [2.75, 3.05) is 7.11 Å². The molecule has 0 unspecified atom stereocenters. The Balaban J connectivity index is 2.12. The van der Waals surface area contributed by atoms with E-state index >= 15 is 0 Å². The van der Waals surface area contributed by atoms with Gasteiger partial charge >= 0.3 is 0 Å². The van der Waals surface area contributed by atoms with Crippen LogP contribution in [0.5, 0.6) is 5.75 Å². The van der Waals surface area contributed by atoms with Crippen LogP contribution in [0.1, 0.15) is 54.9 Å². The first-order valence-electron chi connectivity index (χ1n) is 7.34. The molecule has 1 fully saturated rings. The van der Waals surface area contributed by atoms with Crippen molar-refractivity contribution in [1.29, 1.82) is 0 Å². The summed E-state index contributed by atoms with van der Waals surface area (Å²) in [4.78, 5) is 12.6. The summed E-state index contributed by atoms with van der Waals surface area (Å²) in [7, 11) is 1.64. The molecule has 0 saturated heterocycles. The third kappa shape index (κ3) is 3.17. The zero-order valence-electron chi connectivity index (χ0n) is 12.2.